The second-order valence-corrected chi connectivity index (χ2v) is 6.58. The van der Waals surface area contributed by atoms with Crippen molar-refractivity contribution in [1.29, 1.82) is 0 Å². The molecule has 25 heavy (non-hydrogen) atoms. The van der Waals surface area contributed by atoms with Gasteiger partial charge in [-0.15, -0.1) is 0 Å². The lowest BCUT2D eigenvalue weighted by Gasteiger charge is -2.19. The topological polar surface area (TPSA) is 72.5 Å². The predicted molar refractivity (Wildman–Crippen MR) is 94.6 cm³/mol. The van der Waals surface area contributed by atoms with Crippen molar-refractivity contribution in [2.24, 2.45) is 0 Å². The van der Waals surface area contributed by atoms with Crippen LogP contribution in [0.5, 0.6) is 0 Å². The fraction of sp³-hybridized carbons (Fsp3) is 0.250. The summed E-state index contributed by atoms with van der Waals surface area (Å²) in [7, 11) is 0. The Morgan fingerprint density at radius 1 is 0.840 bits per heavy atom. The zero-order valence-electron chi connectivity index (χ0n) is 14.5. The van der Waals surface area contributed by atoms with E-state index in [9.17, 15) is 14.4 Å². The Morgan fingerprint density at radius 3 is 1.88 bits per heavy atom. The van der Waals surface area contributed by atoms with Crippen molar-refractivity contribution in [3.05, 3.63) is 71.3 Å². The van der Waals surface area contributed by atoms with Crippen LogP contribution in [0.25, 0.3) is 0 Å². The van der Waals surface area contributed by atoms with Crippen molar-refractivity contribution in [1.82, 2.24) is 5.32 Å². The quantitative estimate of drug-likeness (QED) is 0.665. The van der Waals surface area contributed by atoms with Gasteiger partial charge in [0.1, 0.15) is 5.60 Å². The number of ketones is 2. The molecule has 2 rings (SSSR count). The molecule has 1 N–H and O–H groups in total. The SMILES string of the molecule is CC(C)(C)OC(=O)NCc1ccc(C(=O)C(=O)c2ccccc2)cc1. The normalized spacial score (nSPS) is 10.8. The maximum absolute atomic E-state index is 12.2. The number of carbonyl (C=O) groups is 3. The first-order chi connectivity index (χ1) is 11.8. The summed E-state index contributed by atoms with van der Waals surface area (Å²) in [5.74, 6) is -1.10. The average molecular weight is 339 g/mol. The minimum absolute atomic E-state index is 0.274. The smallest absolute Gasteiger partial charge is 0.407 e. The number of Topliss-reactive ketones (excluding diaryl/α,β-unsaturated/α-hetero) is 2. The van der Waals surface area contributed by atoms with Crippen molar-refractivity contribution >= 4 is 17.7 Å². The Morgan fingerprint density at radius 2 is 1.36 bits per heavy atom. The molecule has 0 saturated carbocycles. The van der Waals surface area contributed by atoms with Gasteiger partial charge in [-0.3, -0.25) is 9.59 Å². The van der Waals surface area contributed by atoms with Gasteiger partial charge in [0, 0.05) is 17.7 Å². The Bertz CT molecular complexity index is 759. The fourth-order valence-corrected chi connectivity index (χ4v) is 2.11. The van der Waals surface area contributed by atoms with E-state index in [4.69, 9.17) is 4.74 Å². The minimum Gasteiger partial charge on any atom is -0.444 e. The van der Waals surface area contributed by atoms with Gasteiger partial charge in [0.25, 0.3) is 0 Å². The third-order valence-corrected chi connectivity index (χ3v) is 3.29. The monoisotopic (exact) mass is 339 g/mol. The number of carbonyl (C=O) groups excluding carboxylic acids is 3. The van der Waals surface area contributed by atoms with Crippen molar-refractivity contribution in [2.75, 3.05) is 0 Å². The van der Waals surface area contributed by atoms with Gasteiger partial charge < -0.3 is 10.1 Å². The van der Waals surface area contributed by atoms with Crippen LogP contribution in [0.1, 0.15) is 47.1 Å². The number of ether oxygens (including phenoxy) is 1. The molecule has 0 aliphatic heterocycles. The van der Waals surface area contributed by atoms with Gasteiger partial charge >= 0.3 is 6.09 Å². The van der Waals surface area contributed by atoms with E-state index >= 15 is 0 Å². The Labute approximate surface area is 147 Å². The van der Waals surface area contributed by atoms with Crippen LogP contribution in [0.15, 0.2) is 54.6 Å². The second kappa shape index (κ2) is 7.75. The van der Waals surface area contributed by atoms with E-state index in [2.05, 4.69) is 5.32 Å². The Kier molecular flexibility index (Phi) is 5.70. The fourth-order valence-electron chi connectivity index (χ4n) is 2.11. The Hall–Kier alpha value is -2.95. The zero-order valence-corrected chi connectivity index (χ0v) is 14.5. The molecule has 0 heterocycles. The molecule has 2 aromatic rings. The third kappa shape index (κ3) is 5.57. The minimum atomic E-state index is -0.558. The van der Waals surface area contributed by atoms with Gasteiger partial charge in [-0.05, 0) is 26.3 Å². The predicted octanol–water partition coefficient (Wildman–Crippen LogP) is 3.78. The van der Waals surface area contributed by atoms with Crippen LogP contribution in [0.3, 0.4) is 0 Å². The lowest BCUT2D eigenvalue weighted by molar-refractivity contribution is 0.0523. The summed E-state index contributed by atoms with van der Waals surface area (Å²) in [6.07, 6.45) is -0.507. The van der Waals surface area contributed by atoms with Crippen molar-refractivity contribution in [3.8, 4) is 0 Å². The lowest BCUT2D eigenvalue weighted by Crippen LogP contribution is -2.32. The van der Waals surface area contributed by atoms with Crippen LogP contribution in [0.2, 0.25) is 0 Å². The van der Waals surface area contributed by atoms with Crippen molar-refractivity contribution in [2.45, 2.75) is 32.9 Å². The Balaban J connectivity index is 1.96. The van der Waals surface area contributed by atoms with Crippen molar-refractivity contribution < 1.29 is 19.1 Å². The highest BCUT2D eigenvalue weighted by Crippen LogP contribution is 2.11. The van der Waals surface area contributed by atoms with E-state index in [1.807, 2.05) is 0 Å². The molecule has 0 unspecified atom stereocenters. The molecule has 0 bridgehead atoms. The summed E-state index contributed by atoms with van der Waals surface area (Å²) in [5, 5.41) is 2.64. The van der Waals surface area contributed by atoms with E-state index in [0.717, 1.165) is 5.56 Å². The third-order valence-electron chi connectivity index (χ3n) is 3.29. The summed E-state index contributed by atoms with van der Waals surface area (Å²) in [6, 6.07) is 15.0. The number of rotatable bonds is 5. The molecule has 5 nitrogen and oxygen atoms in total. The van der Waals surface area contributed by atoms with Crippen molar-refractivity contribution in [3.63, 3.8) is 0 Å². The first-order valence-corrected chi connectivity index (χ1v) is 7.96. The number of nitrogens with one attached hydrogen (secondary N) is 1. The highest BCUT2D eigenvalue weighted by Gasteiger charge is 2.18. The summed E-state index contributed by atoms with van der Waals surface area (Å²) in [4.78, 5) is 36.0. The van der Waals surface area contributed by atoms with E-state index in [0.29, 0.717) is 11.1 Å². The molecule has 2 aromatic carbocycles. The largest absolute Gasteiger partial charge is 0.444 e. The molecule has 0 spiro atoms. The van der Waals surface area contributed by atoms with Gasteiger partial charge in [-0.25, -0.2) is 4.79 Å². The summed E-state index contributed by atoms with van der Waals surface area (Å²) >= 11 is 0. The lowest BCUT2D eigenvalue weighted by atomic mass is 10.0. The van der Waals surface area contributed by atoms with Crippen LogP contribution in [0, 0.1) is 0 Å². The van der Waals surface area contributed by atoms with Crippen LogP contribution in [-0.2, 0) is 11.3 Å². The van der Waals surface area contributed by atoms with Crippen LogP contribution in [-0.4, -0.2) is 23.3 Å². The molecule has 0 aliphatic carbocycles. The molecular weight excluding hydrogens is 318 g/mol. The maximum atomic E-state index is 12.2. The second-order valence-electron chi connectivity index (χ2n) is 6.58. The number of amides is 1. The molecule has 0 radical (unpaired) electrons. The summed E-state index contributed by atoms with van der Waals surface area (Å²) in [5.41, 5.74) is 0.922. The van der Waals surface area contributed by atoms with Crippen LogP contribution < -0.4 is 5.32 Å². The number of benzene rings is 2. The van der Waals surface area contributed by atoms with Crippen LogP contribution in [0.4, 0.5) is 4.79 Å². The summed E-state index contributed by atoms with van der Waals surface area (Å²) in [6.45, 7) is 5.64. The van der Waals surface area contributed by atoms with E-state index in [1.54, 1.807) is 75.4 Å². The molecule has 0 atom stereocenters. The first-order valence-electron chi connectivity index (χ1n) is 7.96. The highest BCUT2D eigenvalue weighted by molar-refractivity contribution is 6.49. The molecular formula is C20H21NO4. The average Bonchev–Trinajstić information content (AvgIpc) is 2.58. The molecule has 0 aromatic heterocycles. The first kappa shape index (κ1) is 18.4. The molecule has 130 valence electrons. The van der Waals surface area contributed by atoms with E-state index < -0.39 is 23.3 Å². The van der Waals surface area contributed by atoms with E-state index in [-0.39, 0.29) is 6.54 Å². The van der Waals surface area contributed by atoms with Crippen LogP contribution >= 0.6 is 0 Å². The van der Waals surface area contributed by atoms with E-state index in [1.165, 1.54) is 0 Å². The summed E-state index contributed by atoms with van der Waals surface area (Å²) < 4.78 is 5.15. The zero-order chi connectivity index (χ0) is 18.4. The van der Waals surface area contributed by atoms with Gasteiger partial charge in [0.05, 0.1) is 0 Å². The van der Waals surface area contributed by atoms with Gasteiger partial charge in [-0.1, -0.05) is 54.6 Å². The number of hydrogen-bond acceptors (Lipinski definition) is 4. The number of hydrogen-bond donors (Lipinski definition) is 1. The maximum Gasteiger partial charge on any atom is 0.407 e. The molecule has 5 heteroatoms. The highest BCUT2D eigenvalue weighted by atomic mass is 16.6. The molecule has 0 fully saturated rings. The molecule has 0 saturated heterocycles. The molecule has 0 aliphatic rings. The number of alkyl carbamates (subject to hydrolysis) is 1. The van der Waals surface area contributed by atoms with Gasteiger partial charge in [0.15, 0.2) is 0 Å². The standard InChI is InChI=1S/C20H21NO4/c1-20(2,3)25-19(24)21-13-14-9-11-16(12-10-14)18(23)17(22)15-7-5-4-6-8-15/h4-12H,13H2,1-3H3,(H,21,24). The van der Waals surface area contributed by atoms with Gasteiger partial charge in [0.2, 0.25) is 11.6 Å². The van der Waals surface area contributed by atoms with Gasteiger partial charge in [-0.2, -0.15) is 0 Å². The molecule has 1 amide bonds.